The van der Waals surface area contributed by atoms with E-state index in [-0.39, 0.29) is 21.5 Å². The van der Waals surface area contributed by atoms with Crippen LogP contribution in [-0.4, -0.2) is 37.2 Å². The van der Waals surface area contributed by atoms with Gasteiger partial charge in [0.1, 0.15) is 16.4 Å². The Labute approximate surface area is 108 Å². The molecule has 1 aromatic rings. The summed E-state index contributed by atoms with van der Waals surface area (Å²) in [6.45, 7) is 1.16. The maximum Gasteiger partial charge on any atom is 0.247 e. The zero-order valence-corrected chi connectivity index (χ0v) is 11.2. The molecule has 0 aliphatic carbocycles. The monoisotopic (exact) mass is 294 g/mol. The average Bonchev–Trinajstić information content (AvgIpc) is 2.73. The van der Waals surface area contributed by atoms with E-state index in [4.69, 9.17) is 5.14 Å². The van der Waals surface area contributed by atoms with Crippen LogP contribution in [0.15, 0.2) is 16.3 Å². The van der Waals surface area contributed by atoms with Gasteiger partial charge < -0.3 is 15.5 Å². The number of aliphatic hydroxyl groups excluding tert-OH is 2. The molecule has 0 aliphatic heterocycles. The molecule has 0 radical (unpaired) electrons. The molecule has 0 spiro atoms. The van der Waals surface area contributed by atoms with Crippen molar-refractivity contribution in [2.75, 3.05) is 6.54 Å². The highest BCUT2D eigenvalue weighted by Crippen LogP contribution is 2.27. The van der Waals surface area contributed by atoms with Crippen LogP contribution in [0.1, 0.15) is 17.9 Å². The number of thiophene rings is 1. The molecule has 102 valence electrons. The first-order valence-electron chi connectivity index (χ1n) is 4.95. The number of carbonyl (C=O) groups excluding carboxylic acids is 1. The molecule has 18 heavy (non-hydrogen) atoms. The number of nitrogens with two attached hydrogens (primary N) is 1. The molecule has 2 atom stereocenters. The highest BCUT2D eigenvalue weighted by Gasteiger charge is 2.22. The summed E-state index contributed by atoms with van der Waals surface area (Å²) in [5.41, 5.74) is 0. The van der Waals surface area contributed by atoms with Gasteiger partial charge in [-0.25, -0.2) is 13.6 Å². The summed E-state index contributed by atoms with van der Waals surface area (Å²) in [7, 11) is -3.81. The van der Waals surface area contributed by atoms with E-state index in [1.165, 1.54) is 19.1 Å². The fourth-order valence-corrected chi connectivity index (χ4v) is 2.99. The SMILES string of the molecule is CC(=O)NCC(O)C(O)c1ccc(S(N)(=O)=O)s1. The first kappa shape index (κ1) is 15.1. The fourth-order valence-electron chi connectivity index (χ4n) is 1.20. The van der Waals surface area contributed by atoms with E-state index < -0.39 is 22.2 Å². The number of hydrogen-bond donors (Lipinski definition) is 4. The van der Waals surface area contributed by atoms with Crippen LogP contribution < -0.4 is 10.5 Å². The summed E-state index contributed by atoms with van der Waals surface area (Å²) in [6.07, 6.45) is -2.50. The second kappa shape index (κ2) is 5.76. The summed E-state index contributed by atoms with van der Waals surface area (Å²) in [5, 5.41) is 26.6. The van der Waals surface area contributed by atoms with Crippen LogP contribution in [0, 0.1) is 0 Å². The number of primary sulfonamides is 1. The second-order valence-corrected chi connectivity index (χ2v) is 6.55. The minimum absolute atomic E-state index is 0.0942. The topological polar surface area (TPSA) is 130 Å². The van der Waals surface area contributed by atoms with Crippen molar-refractivity contribution in [3.8, 4) is 0 Å². The molecule has 1 heterocycles. The Hall–Kier alpha value is -1.00. The predicted molar refractivity (Wildman–Crippen MR) is 65.3 cm³/mol. The summed E-state index contributed by atoms with van der Waals surface area (Å²) in [5.74, 6) is -0.336. The third-order valence-corrected chi connectivity index (χ3v) is 4.69. The van der Waals surface area contributed by atoms with Crippen molar-refractivity contribution < 1.29 is 23.4 Å². The van der Waals surface area contributed by atoms with Gasteiger partial charge in [0.15, 0.2) is 0 Å². The maximum atomic E-state index is 11.0. The molecule has 7 nitrogen and oxygen atoms in total. The fraction of sp³-hybridized carbons (Fsp3) is 0.444. The van der Waals surface area contributed by atoms with Gasteiger partial charge in [-0.05, 0) is 12.1 Å². The van der Waals surface area contributed by atoms with Crippen LogP contribution in [0.25, 0.3) is 0 Å². The van der Waals surface area contributed by atoms with Crippen LogP contribution in [0.2, 0.25) is 0 Å². The highest BCUT2D eigenvalue weighted by molar-refractivity contribution is 7.91. The number of hydrogen-bond acceptors (Lipinski definition) is 6. The van der Waals surface area contributed by atoms with Gasteiger partial charge in [-0.15, -0.1) is 11.3 Å². The molecule has 0 saturated heterocycles. The van der Waals surface area contributed by atoms with Crippen LogP contribution in [0.4, 0.5) is 0 Å². The second-order valence-electron chi connectivity index (χ2n) is 3.65. The number of amides is 1. The number of carbonyl (C=O) groups is 1. The van der Waals surface area contributed by atoms with Crippen molar-refractivity contribution in [2.24, 2.45) is 5.14 Å². The van der Waals surface area contributed by atoms with Gasteiger partial charge in [-0.2, -0.15) is 0 Å². The van der Waals surface area contributed by atoms with Crippen molar-refractivity contribution in [1.82, 2.24) is 5.32 Å². The molecule has 0 fully saturated rings. The lowest BCUT2D eigenvalue weighted by molar-refractivity contribution is -0.119. The molecule has 1 rings (SSSR count). The number of sulfonamides is 1. The normalized spacial score (nSPS) is 15.1. The van der Waals surface area contributed by atoms with Gasteiger partial charge in [-0.3, -0.25) is 4.79 Å². The molecule has 0 saturated carbocycles. The highest BCUT2D eigenvalue weighted by atomic mass is 32.2. The molecule has 2 unspecified atom stereocenters. The summed E-state index contributed by atoms with van der Waals surface area (Å²) in [6, 6.07) is 2.62. The Morgan fingerprint density at radius 3 is 2.56 bits per heavy atom. The Morgan fingerprint density at radius 1 is 1.50 bits per heavy atom. The van der Waals surface area contributed by atoms with Gasteiger partial charge in [0.05, 0.1) is 0 Å². The van der Waals surface area contributed by atoms with Crippen molar-refractivity contribution in [2.45, 2.75) is 23.3 Å². The molecular weight excluding hydrogens is 280 g/mol. The van der Waals surface area contributed by atoms with E-state index in [0.29, 0.717) is 0 Å². The Balaban J connectivity index is 2.75. The van der Waals surface area contributed by atoms with Gasteiger partial charge in [0.25, 0.3) is 0 Å². The van der Waals surface area contributed by atoms with Gasteiger partial charge in [-0.1, -0.05) is 0 Å². The molecule has 9 heteroatoms. The molecular formula is C9H14N2O5S2. The standard InChI is InChI=1S/C9H14N2O5S2/c1-5(12)11-4-6(13)9(14)7-2-3-8(17-7)18(10,15)16/h2-3,6,9,13-14H,4H2,1H3,(H,11,12)(H2,10,15,16). The molecule has 5 N–H and O–H groups in total. The summed E-state index contributed by atoms with van der Waals surface area (Å²) in [4.78, 5) is 10.9. The van der Waals surface area contributed by atoms with Crippen LogP contribution in [0.3, 0.4) is 0 Å². The summed E-state index contributed by atoms with van der Waals surface area (Å²) < 4.78 is 22.0. The third-order valence-electron chi connectivity index (χ3n) is 2.10. The van der Waals surface area contributed by atoms with Crippen LogP contribution >= 0.6 is 11.3 Å². The van der Waals surface area contributed by atoms with E-state index in [9.17, 15) is 23.4 Å². The first-order chi connectivity index (χ1) is 8.21. The molecule has 1 aromatic heterocycles. The lowest BCUT2D eigenvalue weighted by atomic mass is 10.1. The number of nitrogens with one attached hydrogen (secondary N) is 1. The lowest BCUT2D eigenvalue weighted by Crippen LogP contribution is -2.33. The molecule has 0 bridgehead atoms. The Kier molecular flexibility index (Phi) is 4.82. The van der Waals surface area contributed by atoms with Crippen molar-refractivity contribution in [1.29, 1.82) is 0 Å². The van der Waals surface area contributed by atoms with Crippen LogP contribution in [0.5, 0.6) is 0 Å². The largest absolute Gasteiger partial charge is 0.388 e. The van der Waals surface area contributed by atoms with E-state index in [1.807, 2.05) is 0 Å². The third kappa shape index (κ3) is 4.03. The van der Waals surface area contributed by atoms with Crippen molar-refractivity contribution >= 4 is 27.3 Å². The molecule has 0 aliphatic rings. The van der Waals surface area contributed by atoms with Crippen molar-refractivity contribution in [3.63, 3.8) is 0 Å². The summed E-state index contributed by atoms with van der Waals surface area (Å²) >= 11 is 0.775. The van der Waals surface area contributed by atoms with E-state index in [0.717, 1.165) is 11.3 Å². The zero-order valence-electron chi connectivity index (χ0n) is 9.53. The molecule has 0 aromatic carbocycles. The lowest BCUT2D eigenvalue weighted by Gasteiger charge is -2.16. The smallest absolute Gasteiger partial charge is 0.247 e. The van der Waals surface area contributed by atoms with Gasteiger partial charge in [0, 0.05) is 18.3 Å². The first-order valence-corrected chi connectivity index (χ1v) is 7.31. The predicted octanol–water partition coefficient (Wildman–Crippen LogP) is -1.07. The van der Waals surface area contributed by atoms with Crippen LogP contribution in [-0.2, 0) is 14.8 Å². The quantitative estimate of drug-likeness (QED) is 0.549. The Bertz CT molecular complexity index is 525. The minimum atomic E-state index is -3.81. The average molecular weight is 294 g/mol. The number of aliphatic hydroxyl groups is 2. The number of rotatable bonds is 5. The van der Waals surface area contributed by atoms with Gasteiger partial charge >= 0.3 is 0 Å². The molecule has 1 amide bonds. The van der Waals surface area contributed by atoms with Gasteiger partial charge in [0.2, 0.25) is 15.9 Å². The Morgan fingerprint density at radius 2 is 2.11 bits per heavy atom. The maximum absolute atomic E-state index is 11.0. The van der Waals surface area contributed by atoms with E-state index >= 15 is 0 Å². The van der Waals surface area contributed by atoms with E-state index in [1.54, 1.807) is 0 Å². The minimum Gasteiger partial charge on any atom is -0.388 e. The van der Waals surface area contributed by atoms with Crippen molar-refractivity contribution in [3.05, 3.63) is 17.0 Å². The van der Waals surface area contributed by atoms with E-state index in [2.05, 4.69) is 5.32 Å². The zero-order chi connectivity index (χ0) is 13.9.